The highest BCUT2D eigenvalue weighted by molar-refractivity contribution is 7.91. The van der Waals surface area contributed by atoms with E-state index in [0.717, 1.165) is 19.3 Å². The highest BCUT2D eigenvalue weighted by atomic mass is 32.2. The third kappa shape index (κ3) is 3.27. The summed E-state index contributed by atoms with van der Waals surface area (Å²) in [5.41, 5.74) is 0. The number of hydrogen-bond donors (Lipinski definition) is 1. The molecule has 0 aromatic heterocycles. The Labute approximate surface area is 80.1 Å². The lowest BCUT2D eigenvalue weighted by atomic mass is 9.87. The molecule has 1 saturated heterocycles. The largest absolute Gasteiger partial charge is 0.396 e. The molecule has 0 saturated carbocycles. The third-order valence-electron chi connectivity index (χ3n) is 2.99. The molecule has 1 atom stereocenters. The molecule has 1 heterocycles. The van der Waals surface area contributed by atoms with Gasteiger partial charge in [0.25, 0.3) is 0 Å². The number of rotatable bonds is 3. The van der Waals surface area contributed by atoms with Gasteiger partial charge in [0.15, 0.2) is 0 Å². The van der Waals surface area contributed by atoms with Gasteiger partial charge in [-0.3, -0.25) is 0 Å². The van der Waals surface area contributed by atoms with Crippen LogP contribution in [0, 0.1) is 11.8 Å². The first-order chi connectivity index (χ1) is 6.05. The first-order valence-corrected chi connectivity index (χ1v) is 6.68. The molecule has 1 N–H and O–H groups in total. The van der Waals surface area contributed by atoms with Crippen LogP contribution in [0.25, 0.3) is 0 Å². The minimum absolute atomic E-state index is 0.213. The Morgan fingerprint density at radius 3 is 2.38 bits per heavy atom. The zero-order chi connectivity index (χ0) is 9.90. The van der Waals surface area contributed by atoms with E-state index in [-0.39, 0.29) is 6.61 Å². The standard InChI is InChI=1S/C9H18O3S/c1-8(2-5-10)9-3-6-13(11,12)7-4-9/h8-10H,2-7H2,1H3. The Kier molecular flexibility index (Phi) is 3.74. The van der Waals surface area contributed by atoms with Gasteiger partial charge in [0.05, 0.1) is 11.5 Å². The van der Waals surface area contributed by atoms with Gasteiger partial charge in [0, 0.05) is 6.61 Å². The van der Waals surface area contributed by atoms with E-state index in [1.807, 2.05) is 0 Å². The van der Waals surface area contributed by atoms with E-state index in [1.54, 1.807) is 0 Å². The molecular formula is C9H18O3S. The summed E-state index contributed by atoms with van der Waals surface area (Å²) in [4.78, 5) is 0. The summed E-state index contributed by atoms with van der Waals surface area (Å²) < 4.78 is 22.3. The van der Waals surface area contributed by atoms with Crippen molar-refractivity contribution in [1.29, 1.82) is 0 Å². The minimum atomic E-state index is -2.73. The molecule has 13 heavy (non-hydrogen) atoms. The van der Waals surface area contributed by atoms with Gasteiger partial charge in [-0.25, -0.2) is 8.42 Å². The van der Waals surface area contributed by atoms with Gasteiger partial charge in [-0.1, -0.05) is 6.92 Å². The average molecular weight is 206 g/mol. The van der Waals surface area contributed by atoms with E-state index in [0.29, 0.717) is 23.3 Å². The molecule has 1 aliphatic rings. The monoisotopic (exact) mass is 206 g/mol. The molecule has 0 amide bonds. The summed E-state index contributed by atoms with van der Waals surface area (Å²) in [5, 5.41) is 8.75. The smallest absolute Gasteiger partial charge is 0.150 e. The number of aliphatic hydroxyl groups excluding tert-OH is 1. The van der Waals surface area contributed by atoms with Crippen LogP contribution in [0.3, 0.4) is 0 Å². The Morgan fingerprint density at radius 1 is 1.38 bits per heavy atom. The van der Waals surface area contributed by atoms with Crippen molar-refractivity contribution in [2.45, 2.75) is 26.2 Å². The van der Waals surface area contributed by atoms with Crippen molar-refractivity contribution in [2.24, 2.45) is 11.8 Å². The predicted octanol–water partition coefficient (Wildman–Crippen LogP) is 0.830. The van der Waals surface area contributed by atoms with Crippen molar-refractivity contribution < 1.29 is 13.5 Å². The maximum absolute atomic E-state index is 11.1. The van der Waals surface area contributed by atoms with Crippen LogP contribution in [-0.4, -0.2) is 31.6 Å². The molecule has 78 valence electrons. The van der Waals surface area contributed by atoms with E-state index in [9.17, 15) is 8.42 Å². The van der Waals surface area contributed by atoms with Crippen molar-refractivity contribution in [3.8, 4) is 0 Å². The Morgan fingerprint density at radius 2 is 1.92 bits per heavy atom. The predicted molar refractivity (Wildman–Crippen MR) is 52.2 cm³/mol. The average Bonchev–Trinajstić information content (AvgIpc) is 2.04. The lowest BCUT2D eigenvalue weighted by molar-refractivity contribution is 0.221. The number of sulfone groups is 1. The fraction of sp³-hybridized carbons (Fsp3) is 1.00. The molecular weight excluding hydrogens is 188 g/mol. The van der Waals surface area contributed by atoms with Crippen molar-refractivity contribution >= 4 is 9.84 Å². The molecule has 0 aromatic rings. The highest BCUT2D eigenvalue weighted by Crippen LogP contribution is 2.27. The van der Waals surface area contributed by atoms with E-state index in [2.05, 4.69) is 6.92 Å². The fourth-order valence-electron chi connectivity index (χ4n) is 1.92. The lowest BCUT2D eigenvalue weighted by Gasteiger charge is -2.27. The topological polar surface area (TPSA) is 54.4 Å². The van der Waals surface area contributed by atoms with E-state index >= 15 is 0 Å². The molecule has 0 aliphatic carbocycles. The first-order valence-electron chi connectivity index (χ1n) is 4.86. The summed E-state index contributed by atoms with van der Waals surface area (Å²) in [6, 6.07) is 0. The van der Waals surface area contributed by atoms with Crippen molar-refractivity contribution in [3.63, 3.8) is 0 Å². The molecule has 0 aromatic carbocycles. The first kappa shape index (κ1) is 11.0. The van der Waals surface area contributed by atoms with Crippen LogP contribution in [0.15, 0.2) is 0 Å². The molecule has 4 heteroatoms. The van der Waals surface area contributed by atoms with Crippen LogP contribution in [0.1, 0.15) is 26.2 Å². The lowest BCUT2D eigenvalue weighted by Crippen LogP contribution is -2.27. The van der Waals surface area contributed by atoms with Gasteiger partial charge in [-0.05, 0) is 31.1 Å². The fourth-order valence-corrected chi connectivity index (χ4v) is 3.44. The molecule has 0 spiro atoms. The number of hydrogen-bond acceptors (Lipinski definition) is 3. The van der Waals surface area contributed by atoms with Gasteiger partial charge < -0.3 is 5.11 Å². The highest BCUT2D eigenvalue weighted by Gasteiger charge is 2.26. The molecule has 1 rings (SSSR count). The van der Waals surface area contributed by atoms with Crippen LogP contribution in [0.2, 0.25) is 0 Å². The van der Waals surface area contributed by atoms with E-state index in [1.165, 1.54) is 0 Å². The SMILES string of the molecule is CC(CCO)C1CCS(=O)(=O)CC1. The minimum Gasteiger partial charge on any atom is -0.396 e. The molecule has 1 fully saturated rings. The quantitative estimate of drug-likeness (QED) is 0.744. The van der Waals surface area contributed by atoms with Crippen LogP contribution < -0.4 is 0 Å². The van der Waals surface area contributed by atoms with Gasteiger partial charge in [-0.2, -0.15) is 0 Å². The van der Waals surface area contributed by atoms with Crippen LogP contribution in [0.5, 0.6) is 0 Å². The van der Waals surface area contributed by atoms with Crippen molar-refractivity contribution in [2.75, 3.05) is 18.1 Å². The maximum Gasteiger partial charge on any atom is 0.150 e. The van der Waals surface area contributed by atoms with Gasteiger partial charge in [0.2, 0.25) is 0 Å². The van der Waals surface area contributed by atoms with Crippen LogP contribution in [-0.2, 0) is 9.84 Å². The summed E-state index contributed by atoms with van der Waals surface area (Å²) >= 11 is 0. The van der Waals surface area contributed by atoms with E-state index in [4.69, 9.17) is 5.11 Å². The molecule has 1 unspecified atom stereocenters. The number of aliphatic hydroxyl groups is 1. The van der Waals surface area contributed by atoms with E-state index < -0.39 is 9.84 Å². The molecule has 0 radical (unpaired) electrons. The summed E-state index contributed by atoms with van der Waals surface area (Å²) in [7, 11) is -2.73. The van der Waals surface area contributed by atoms with Crippen LogP contribution in [0.4, 0.5) is 0 Å². The van der Waals surface area contributed by atoms with Crippen molar-refractivity contribution in [3.05, 3.63) is 0 Å². The molecule has 0 bridgehead atoms. The Hall–Kier alpha value is -0.0900. The Balaban J connectivity index is 2.40. The van der Waals surface area contributed by atoms with Gasteiger partial charge in [-0.15, -0.1) is 0 Å². The zero-order valence-corrected chi connectivity index (χ0v) is 8.89. The molecule has 3 nitrogen and oxygen atoms in total. The second-order valence-corrected chi connectivity index (χ2v) is 6.28. The normalized spacial score (nSPS) is 25.7. The Bertz CT molecular complexity index is 232. The van der Waals surface area contributed by atoms with Crippen LogP contribution >= 0.6 is 0 Å². The second-order valence-electron chi connectivity index (χ2n) is 3.98. The summed E-state index contributed by atoms with van der Waals surface area (Å²) in [5.74, 6) is 1.64. The maximum atomic E-state index is 11.1. The van der Waals surface area contributed by atoms with Crippen molar-refractivity contribution in [1.82, 2.24) is 0 Å². The molecule has 1 aliphatic heterocycles. The van der Waals surface area contributed by atoms with Gasteiger partial charge >= 0.3 is 0 Å². The summed E-state index contributed by atoms with van der Waals surface area (Å²) in [6.45, 7) is 2.31. The second kappa shape index (κ2) is 4.42. The third-order valence-corrected chi connectivity index (χ3v) is 4.70. The zero-order valence-electron chi connectivity index (χ0n) is 8.07. The van der Waals surface area contributed by atoms with Gasteiger partial charge in [0.1, 0.15) is 9.84 Å². The summed E-state index contributed by atoms with van der Waals surface area (Å²) in [6.07, 6.45) is 2.36.